The second kappa shape index (κ2) is 10.5. The number of carbonyl (C=O) groups excluding carboxylic acids is 1. The lowest BCUT2D eigenvalue weighted by Crippen LogP contribution is -2.30. The van der Waals surface area contributed by atoms with Crippen molar-refractivity contribution in [3.63, 3.8) is 0 Å². The molecule has 0 saturated carbocycles. The number of nitriles is 1. The molecule has 0 fully saturated rings. The first-order chi connectivity index (χ1) is 19.0. The van der Waals surface area contributed by atoms with Crippen molar-refractivity contribution in [3.8, 4) is 23.3 Å². The molecule has 0 aliphatic heterocycles. The van der Waals surface area contributed by atoms with E-state index in [1.54, 1.807) is 29.0 Å². The van der Waals surface area contributed by atoms with Crippen molar-refractivity contribution in [2.45, 2.75) is 6.54 Å². The van der Waals surface area contributed by atoms with Crippen LogP contribution in [-0.4, -0.2) is 41.2 Å². The van der Waals surface area contributed by atoms with Gasteiger partial charge >= 0.3 is 0 Å². The summed E-state index contributed by atoms with van der Waals surface area (Å²) in [6.45, 7) is 0.212. The maximum absolute atomic E-state index is 13.5. The van der Waals surface area contributed by atoms with Crippen LogP contribution >= 0.6 is 0 Å². The molecule has 0 unspecified atom stereocenters. The Morgan fingerprint density at radius 1 is 0.974 bits per heavy atom. The van der Waals surface area contributed by atoms with E-state index in [2.05, 4.69) is 11.1 Å². The summed E-state index contributed by atoms with van der Waals surface area (Å²) in [4.78, 5) is 36.0. The average Bonchev–Trinajstić information content (AvgIpc) is 2.98. The van der Waals surface area contributed by atoms with E-state index >= 15 is 0 Å². The molecule has 1 amide bonds. The van der Waals surface area contributed by atoms with Crippen LogP contribution in [0.5, 0.6) is 17.2 Å². The van der Waals surface area contributed by atoms with Gasteiger partial charge in [0, 0.05) is 11.8 Å². The summed E-state index contributed by atoms with van der Waals surface area (Å²) in [7, 11) is 4.36. The number of nitrogens with zero attached hydrogens (tertiary/aromatic N) is 5. The SMILES string of the molecule is COc1cc(C(=O)N=c2c(C#N)cc3c(=O)n4ccccc4nc3n2Cc2ccccc2)cc(OC)c1OC. The zero-order chi connectivity index (χ0) is 27.5. The summed E-state index contributed by atoms with van der Waals surface area (Å²) in [6, 6.07) is 21.1. The molecular formula is C29H23N5O5. The fourth-order valence-corrected chi connectivity index (χ4v) is 4.36. The van der Waals surface area contributed by atoms with Crippen LogP contribution in [0.15, 0.2) is 82.7 Å². The Kier molecular flexibility index (Phi) is 6.80. The summed E-state index contributed by atoms with van der Waals surface area (Å²) in [5, 5.41) is 10.3. The molecule has 2 aromatic carbocycles. The van der Waals surface area contributed by atoms with E-state index in [0.29, 0.717) is 17.0 Å². The number of carbonyl (C=O) groups is 1. The maximum Gasteiger partial charge on any atom is 0.279 e. The number of hydrogen-bond donors (Lipinski definition) is 0. The third-order valence-electron chi connectivity index (χ3n) is 6.21. The van der Waals surface area contributed by atoms with Gasteiger partial charge in [-0.2, -0.15) is 10.3 Å². The molecule has 5 aromatic rings. The molecule has 0 spiro atoms. The van der Waals surface area contributed by atoms with Gasteiger partial charge in [0.05, 0.1) is 38.8 Å². The first-order valence-electron chi connectivity index (χ1n) is 11.9. The largest absolute Gasteiger partial charge is 0.493 e. The molecule has 0 saturated heterocycles. The Labute approximate surface area is 222 Å². The summed E-state index contributed by atoms with van der Waals surface area (Å²) in [5.41, 5.74) is 1.52. The minimum atomic E-state index is -0.649. The predicted molar refractivity (Wildman–Crippen MR) is 143 cm³/mol. The normalized spacial score (nSPS) is 11.4. The summed E-state index contributed by atoms with van der Waals surface area (Å²) < 4.78 is 19.1. The highest BCUT2D eigenvalue weighted by atomic mass is 16.5. The van der Waals surface area contributed by atoms with E-state index in [1.165, 1.54) is 43.9 Å². The van der Waals surface area contributed by atoms with Gasteiger partial charge in [0.25, 0.3) is 11.5 Å². The van der Waals surface area contributed by atoms with Crippen LogP contribution in [0.3, 0.4) is 0 Å². The highest BCUT2D eigenvalue weighted by molar-refractivity contribution is 5.96. The second-order valence-corrected chi connectivity index (χ2v) is 8.48. The molecule has 194 valence electrons. The lowest BCUT2D eigenvalue weighted by atomic mass is 10.1. The molecule has 0 atom stereocenters. The predicted octanol–water partition coefficient (Wildman–Crippen LogP) is 3.34. The Bertz CT molecular complexity index is 1880. The highest BCUT2D eigenvalue weighted by Crippen LogP contribution is 2.38. The van der Waals surface area contributed by atoms with Crippen LogP contribution in [0.2, 0.25) is 0 Å². The standard InChI is InChI=1S/C29H23N5O5/c1-37-22-14-19(15-23(38-2)25(22)39-3)28(35)32-26-20(16-30)13-21-27(34(26)17-18-9-5-4-6-10-18)31-24-11-7-8-12-33(24)29(21)36/h4-15H,17H2,1-3H3. The van der Waals surface area contributed by atoms with Crippen LogP contribution in [-0.2, 0) is 6.54 Å². The van der Waals surface area contributed by atoms with Crippen LogP contribution in [0.25, 0.3) is 16.7 Å². The van der Waals surface area contributed by atoms with E-state index < -0.39 is 5.91 Å². The minimum Gasteiger partial charge on any atom is -0.493 e. The van der Waals surface area contributed by atoms with Gasteiger partial charge in [-0.1, -0.05) is 36.4 Å². The van der Waals surface area contributed by atoms with E-state index in [9.17, 15) is 14.9 Å². The zero-order valence-electron chi connectivity index (χ0n) is 21.4. The molecule has 0 aliphatic carbocycles. The summed E-state index contributed by atoms with van der Waals surface area (Å²) >= 11 is 0. The molecule has 0 bridgehead atoms. The number of benzene rings is 2. The highest BCUT2D eigenvalue weighted by Gasteiger charge is 2.19. The van der Waals surface area contributed by atoms with Crippen molar-refractivity contribution < 1.29 is 19.0 Å². The number of methoxy groups -OCH3 is 3. The Morgan fingerprint density at radius 2 is 1.67 bits per heavy atom. The lowest BCUT2D eigenvalue weighted by Gasteiger charge is -2.14. The third kappa shape index (κ3) is 4.57. The Morgan fingerprint density at radius 3 is 2.31 bits per heavy atom. The van der Waals surface area contributed by atoms with Crippen molar-refractivity contribution in [2.75, 3.05) is 21.3 Å². The van der Waals surface area contributed by atoms with E-state index in [1.807, 2.05) is 30.3 Å². The van der Waals surface area contributed by atoms with Crippen molar-refractivity contribution in [1.82, 2.24) is 14.0 Å². The minimum absolute atomic E-state index is 0.0500. The second-order valence-electron chi connectivity index (χ2n) is 8.48. The fourth-order valence-electron chi connectivity index (χ4n) is 4.36. The van der Waals surface area contributed by atoms with Crippen LogP contribution in [0.4, 0.5) is 0 Å². The number of ether oxygens (including phenoxy) is 3. The van der Waals surface area contributed by atoms with Gasteiger partial charge in [-0.05, 0) is 35.9 Å². The monoisotopic (exact) mass is 521 g/mol. The molecule has 0 N–H and O–H groups in total. The van der Waals surface area contributed by atoms with Gasteiger partial charge in [-0.25, -0.2) is 4.98 Å². The van der Waals surface area contributed by atoms with Crippen molar-refractivity contribution >= 4 is 22.6 Å². The molecule has 5 rings (SSSR count). The summed E-state index contributed by atoms with van der Waals surface area (Å²) in [6.07, 6.45) is 1.62. The number of aromatic nitrogens is 3. The van der Waals surface area contributed by atoms with Crippen LogP contribution in [0, 0.1) is 11.3 Å². The Balaban J connectivity index is 1.83. The van der Waals surface area contributed by atoms with Gasteiger partial charge in [-0.3, -0.25) is 14.0 Å². The van der Waals surface area contributed by atoms with Gasteiger partial charge in [0.2, 0.25) is 5.75 Å². The van der Waals surface area contributed by atoms with E-state index in [4.69, 9.17) is 19.2 Å². The topological polar surface area (TPSA) is 120 Å². The van der Waals surface area contributed by atoms with Gasteiger partial charge in [-0.15, -0.1) is 0 Å². The number of fused-ring (bicyclic) bond motifs is 2. The molecule has 39 heavy (non-hydrogen) atoms. The van der Waals surface area contributed by atoms with Crippen molar-refractivity contribution in [1.29, 1.82) is 5.26 Å². The van der Waals surface area contributed by atoms with E-state index in [0.717, 1.165) is 5.56 Å². The molecular weight excluding hydrogens is 498 g/mol. The van der Waals surface area contributed by atoms with E-state index in [-0.39, 0.29) is 45.6 Å². The molecule has 3 aromatic heterocycles. The molecule has 3 heterocycles. The van der Waals surface area contributed by atoms with Crippen LogP contribution < -0.4 is 25.3 Å². The summed E-state index contributed by atoms with van der Waals surface area (Å²) in [5.74, 6) is 0.251. The number of pyridine rings is 2. The lowest BCUT2D eigenvalue weighted by molar-refractivity contribution is 0.0996. The van der Waals surface area contributed by atoms with Crippen molar-refractivity contribution in [3.05, 3.63) is 105 Å². The first-order valence-corrected chi connectivity index (χ1v) is 11.9. The number of hydrogen-bond acceptors (Lipinski definition) is 7. The maximum atomic E-state index is 13.5. The fraction of sp³-hybridized carbons (Fsp3) is 0.138. The quantitative estimate of drug-likeness (QED) is 0.314. The number of rotatable bonds is 6. The third-order valence-corrected chi connectivity index (χ3v) is 6.21. The average molecular weight is 522 g/mol. The number of amides is 1. The van der Waals surface area contributed by atoms with Crippen molar-refractivity contribution in [2.24, 2.45) is 4.99 Å². The smallest absolute Gasteiger partial charge is 0.279 e. The van der Waals surface area contributed by atoms with Gasteiger partial charge in [0.15, 0.2) is 17.0 Å². The molecule has 0 radical (unpaired) electrons. The van der Waals surface area contributed by atoms with Gasteiger partial charge < -0.3 is 18.8 Å². The Hall–Kier alpha value is -5.43. The molecule has 0 aliphatic rings. The first kappa shape index (κ1) is 25.2. The van der Waals surface area contributed by atoms with Crippen LogP contribution in [0.1, 0.15) is 21.5 Å². The molecule has 10 nitrogen and oxygen atoms in total. The van der Waals surface area contributed by atoms with Gasteiger partial charge in [0.1, 0.15) is 17.4 Å². The zero-order valence-corrected chi connectivity index (χ0v) is 21.4. The molecule has 10 heteroatoms.